The second-order valence-electron chi connectivity index (χ2n) is 9.14. The van der Waals surface area contributed by atoms with E-state index in [-0.39, 0.29) is 58.7 Å². The number of carbonyl (C=O) groups is 4. The highest BCUT2D eigenvalue weighted by Gasteiger charge is 2.16. The van der Waals surface area contributed by atoms with Crippen molar-refractivity contribution in [3.63, 3.8) is 0 Å². The molecule has 0 amide bonds. The summed E-state index contributed by atoms with van der Waals surface area (Å²) < 4.78 is 15.2. The molecule has 9 nitrogen and oxygen atoms in total. The van der Waals surface area contributed by atoms with Gasteiger partial charge >= 0.3 is 11.9 Å². The van der Waals surface area contributed by atoms with Crippen molar-refractivity contribution in [2.24, 2.45) is 0 Å². The summed E-state index contributed by atoms with van der Waals surface area (Å²) in [6, 6.07) is 25.7. The lowest BCUT2D eigenvalue weighted by Crippen LogP contribution is -2.10. The highest BCUT2D eigenvalue weighted by molar-refractivity contribution is 6.11. The molecule has 0 atom stereocenters. The largest absolute Gasteiger partial charge is 0.507 e. The fourth-order valence-corrected chi connectivity index (χ4v) is 3.60. The van der Waals surface area contributed by atoms with Crippen LogP contribution in [0.4, 0.5) is 0 Å². The summed E-state index contributed by atoms with van der Waals surface area (Å²) in [4.78, 5) is 46.9. The number of hydrogen-bond donors (Lipinski definition) is 2. The number of ether oxygens (including phenoxy) is 3. The van der Waals surface area contributed by atoms with Crippen LogP contribution in [0, 0.1) is 0 Å². The van der Waals surface area contributed by atoms with Gasteiger partial charge in [-0.15, -0.1) is 0 Å². The van der Waals surface area contributed by atoms with Crippen molar-refractivity contribution in [3.8, 4) is 23.0 Å². The van der Waals surface area contributed by atoms with Gasteiger partial charge in [-0.25, -0.2) is 9.59 Å². The summed E-state index contributed by atoms with van der Waals surface area (Å²) >= 11 is 0. The molecule has 4 aromatic carbocycles. The number of phenols is 2. The van der Waals surface area contributed by atoms with Gasteiger partial charge in [0, 0.05) is 28.8 Å². The van der Waals surface area contributed by atoms with Gasteiger partial charge in [0.25, 0.3) is 0 Å². The lowest BCUT2D eigenvalue weighted by Gasteiger charge is -2.09. The molecular formula is C35H30O9. The first kappa shape index (κ1) is 32.6. The molecule has 0 saturated heterocycles. The highest BCUT2D eigenvalue weighted by atomic mass is 16.6. The Morgan fingerprint density at radius 2 is 1.27 bits per heavy atom. The number of benzene rings is 4. The minimum atomic E-state index is -0.584. The molecule has 0 aliphatic heterocycles. The Labute approximate surface area is 254 Å². The normalized spacial score (nSPS) is 9.93. The van der Waals surface area contributed by atoms with Crippen LogP contribution in [-0.2, 0) is 14.3 Å². The van der Waals surface area contributed by atoms with Crippen LogP contribution in [0.15, 0.2) is 122 Å². The Balaban J connectivity index is 0.000000241. The summed E-state index contributed by atoms with van der Waals surface area (Å²) in [5.41, 5.74) is 1.46. The van der Waals surface area contributed by atoms with E-state index in [1.807, 2.05) is 6.07 Å². The maximum Gasteiger partial charge on any atom is 0.338 e. The van der Waals surface area contributed by atoms with E-state index in [4.69, 9.17) is 14.2 Å². The van der Waals surface area contributed by atoms with E-state index in [0.717, 1.165) is 6.08 Å². The molecule has 0 aliphatic carbocycles. The Morgan fingerprint density at radius 1 is 0.705 bits per heavy atom. The molecule has 0 bridgehead atoms. The topological polar surface area (TPSA) is 136 Å². The first-order valence-electron chi connectivity index (χ1n) is 13.3. The average molecular weight is 595 g/mol. The quantitative estimate of drug-likeness (QED) is 0.0722. The fraction of sp³-hybridized carbons (Fsp3) is 0.0857. The maximum atomic E-state index is 12.3. The minimum Gasteiger partial charge on any atom is -0.507 e. The molecular weight excluding hydrogens is 564 g/mol. The number of ketones is 2. The van der Waals surface area contributed by atoms with Gasteiger partial charge in [-0.2, -0.15) is 0 Å². The van der Waals surface area contributed by atoms with Crippen molar-refractivity contribution >= 4 is 23.5 Å². The van der Waals surface area contributed by atoms with Crippen LogP contribution < -0.4 is 9.47 Å². The zero-order chi connectivity index (χ0) is 32.1. The second kappa shape index (κ2) is 15.9. The summed E-state index contributed by atoms with van der Waals surface area (Å²) in [5.74, 6) is -1.50. The van der Waals surface area contributed by atoms with Crippen molar-refractivity contribution in [2.75, 3.05) is 13.2 Å². The first-order chi connectivity index (χ1) is 21.1. The minimum absolute atomic E-state index is 0.0658. The third kappa shape index (κ3) is 9.28. The molecule has 0 fully saturated rings. The number of phenolic OH excluding ortho intramolecular Hbond substituents is 2. The van der Waals surface area contributed by atoms with Crippen molar-refractivity contribution in [2.45, 2.75) is 6.92 Å². The van der Waals surface area contributed by atoms with E-state index in [9.17, 15) is 29.4 Å². The van der Waals surface area contributed by atoms with Gasteiger partial charge in [0.2, 0.25) is 0 Å². The summed E-state index contributed by atoms with van der Waals surface area (Å²) in [5, 5.41) is 19.8. The Kier molecular flexibility index (Phi) is 11.7. The highest BCUT2D eigenvalue weighted by Crippen LogP contribution is 2.27. The van der Waals surface area contributed by atoms with E-state index in [1.54, 1.807) is 60.7 Å². The Morgan fingerprint density at radius 3 is 1.82 bits per heavy atom. The first-order valence-corrected chi connectivity index (χ1v) is 13.3. The summed E-state index contributed by atoms with van der Waals surface area (Å²) in [6.07, 6.45) is 1.07. The fourth-order valence-electron chi connectivity index (χ4n) is 3.60. The predicted molar refractivity (Wildman–Crippen MR) is 163 cm³/mol. The van der Waals surface area contributed by atoms with Gasteiger partial charge in [0.05, 0.1) is 11.1 Å². The second-order valence-corrected chi connectivity index (χ2v) is 9.14. The zero-order valence-corrected chi connectivity index (χ0v) is 23.9. The third-order valence-electron chi connectivity index (χ3n) is 5.82. The molecule has 0 aromatic heterocycles. The van der Waals surface area contributed by atoms with Gasteiger partial charge in [0.1, 0.15) is 36.2 Å². The van der Waals surface area contributed by atoms with Gasteiger partial charge in [-0.3, -0.25) is 9.59 Å². The average Bonchev–Trinajstić information content (AvgIpc) is 3.04. The van der Waals surface area contributed by atoms with Gasteiger partial charge in [-0.1, -0.05) is 73.8 Å². The molecule has 224 valence electrons. The SMILES string of the molecule is C=C(C)C(=O)Oc1ccc(O)c(C(=O)c2ccccc2)c1.C=CC(=O)OCCOc1ccc(C(=O)c2ccccc2)c(O)c1. The molecule has 4 rings (SSSR count). The Bertz CT molecular complexity index is 1660. The smallest absolute Gasteiger partial charge is 0.338 e. The predicted octanol–water partition coefficient (Wildman–Crippen LogP) is 5.84. The maximum absolute atomic E-state index is 12.3. The molecule has 44 heavy (non-hydrogen) atoms. The molecule has 0 heterocycles. The van der Waals surface area contributed by atoms with Gasteiger partial charge in [0.15, 0.2) is 11.6 Å². The van der Waals surface area contributed by atoms with E-state index in [0.29, 0.717) is 16.9 Å². The summed E-state index contributed by atoms with van der Waals surface area (Å²) in [7, 11) is 0. The molecule has 0 unspecified atom stereocenters. The lowest BCUT2D eigenvalue weighted by molar-refractivity contribution is -0.138. The van der Waals surface area contributed by atoms with Crippen LogP contribution >= 0.6 is 0 Å². The van der Waals surface area contributed by atoms with Crippen LogP contribution in [0.3, 0.4) is 0 Å². The molecule has 0 radical (unpaired) electrons. The Hall–Kier alpha value is -5.96. The van der Waals surface area contributed by atoms with E-state index < -0.39 is 11.9 Å². The van der Waals surface area contributed by atoms with Gasteiger partial charge < -0.3 is 24.4 Å². The van der Waals surface area contributed by atoms with Crippen molar-refractivity contribution in [3.05, 3.63) is 144 Å². The zero-order valence-electron chi connectivity index (χ0n) is 23.9. The van der Waals surface area contributed by atoms with Crippen LogP contribution in [-0.4, -0.2) is 46.9 Å². The van der Waals surface area contributed by atoms with Crippen molar-refractivity contribution in [1.29, 1.82) is 0 Å². The number of esters is 2. The molecule has 0 aliphatic rings. The molecule has 2 N–H and O–H groups in total. The van der Waals surface area contributed by atoms with Crippen LogP contribution in [0.1, 0.15) is 38.8 Å². The van der Waals surface area contributed by atoms with E-state index in [2.05, 4.69) is 13.2 Å². The molecule has 9 heteroatoms. The van der Waals surface area contributed by atoms with Crippen molar-refractivity contribution < 1.29 is 43.6 Å². The van der Waals surface area contributed by atoms with Crippen LogP contribution in [0.5, 0.6) is 23.0 Å². The molecule has 4 aromatic rings. The van der Waals surface area contributed by atoms with Crippen molar-refractivity contribution in [1.82, 2.24) is 0 Å². The summed E-state index contributed by atoms with van der Waals surface area (Å²) in [6.45, 7) is 8.49. The lowest BCUT2D eigenvalue weighted by atomic mass is 10.0. The van der Waals surface area contributed by atoms with Gasteiger partial charge in [-0.05, 0) is 37.3 Å². The number of hydrogen-bond acceptors (Lipinski definition) is 9. The van der Waals surface area contributed by atoms with E-state index >= 15 is 0 Å². The number of rotatable bonds is 11. The van der Waals surface area contributed by atoms with E-state index in [1.165, 1.54) is 37.3 Å². The monoisotopic (exact) mass is 594 g/mol. The third-order valence-corrected chi connectivity index (χ3v) is 5.82. The molecule has 0 spiro atoms. The number of aromatic hydroxyl groups is 2. The van der Waals surface area contributed by atoms with Crippen LogP contribution in [0.2, 0.25) is 0 Å². The number of carbonyl (C=O) groups excluding carboxylic acids is 4. The molecule has 0 saturated carbocycles. The van der Waals surface area contributed by atoms with Crippen LogP contribution in [0.25, 0.3) is 0 Å². The standard InChI is InChI=1S/C18H16O5.C17H14O4/c1-2-17(20)23-11-10-22-14-8-9-15(16(19)12-14)18(21)13-6-4-3-5-7-13;1-11(2)17(20)21-13-8-9-15(18)14(10-13)16(19)12-6-4-3-5-7-12/h2-9,12,19H,1,10-11H2;3-10,18H,1H2,2H3.